The van der Waals surface area contributed by atoms with Gasteiger partial charge in [0, 0.05) is 13.1 Å². The molecule has 1 aromatic rings. The lowest BCUT2D eigenvalue weighted by atomic mass is 9.92. The molecule has 2 saturated heterocycles. The molecule has 1 aromatic carbocycles. The molecule has 1 atom stereocenters. The summed E-state index contributed by atoms with van der Waals surface area (Å²) >= 11 is 0. The molecule has 3 rings (SSSR count). The van der Waals surface area contributed by atoms with Crippen LogP contribution in [0.3, 0.4) is 0 Å². The fourth-order valence-electron chi connectivity index (χ4n) is 2.99. The molecule has 96 valence electrons. The van der Waals surface area contributed by atoms with Crippen LogP contribution in [0.5, 0.6) is 0 Å². The van der Waals surface area contributed by atoms with E-state index in [1.165, 1.54) is 11.1 Å². The molecule has 0 aromatic heterocycles. The van der Waals surface area contributed by atoms with Crippen molar-refractivity contribution in [2.75, 3.05) is 26.3 Å². The van der Waals surface area contributed by atoms with Crippen molar-refractivity contribution in [3.63, 3.8) is 0 Å². The third-order valence-corrected chi connectivity index (χ3v) is 3.89. The van der Waals surface area contributed by atoms with Crippen molar-refractivity contribution in [3.8, 4) is 0 Å². The monoisotopic (exact) mass is 246 g/mol. The number of carbonyl (C=O) groups excluding carboxylic acids is 1. The summed E-state index contributed by atoms with van der Waals surface area (Å²) in [6, 6.07) is 6.36. The van der Waals surface area contributed by atoms with Crippen molar-refractivity contribution >= 4 is 5.91 Å². The van der Waals surface area contributed by atoms with Crippen molar-refractivity contribution in [2.45, 2.75) is 19.5 Å². The number of aryl methyl sites for hydroxylation is 2. The molecule has 2 fully saturated rings. The Morgan fingerprint density at radius 1 is 1.39 bits per heavy atom. The first-order chi connectivity index (χ1) is 8.63. The molecule has 4 heteroatoms. The zero-order valence-corrected chi connectivity index (χ0v) is 10.8. The number of ether oxygens (including phenoxy) is 1. The van der Waals surface area contributed by atoms with Gasteiger partial charge < -0.3 is 9.64 Å². The molecule has 1 unspecified atom stereocenters. The second-order valence-electron chi connectivity index (χ2n) is 5.14. The van der Waals surface area contributed by atoms with E-state index in [0.717, 1.165) is 18.7 Å². The highest BCUT2D eigenvalue weighted by Crippen LogP contribution is 2.34. The van der Waals surface area contributed by atoms with Crippen LogP contribution in [0.1, 0.15) is 16.7 Å². The van der Waals surface area contributed by atoms with Gasteiger partial charge in [0.25, 0.3) is 0 Å². The number of benzene rings is 1. The molecule has 4 nitrogen and oxygen atoms in total. The molecule has 0 radical (unpaired) electrons. The lowest BCUT2D eigenvalue weighted by molar-refractivity contribution is -0.156. The van der Waals surface area contributed by atoms with Crippen LogP contribution in [0.15, 0.2) is 18.2 Å². The molecule has 0 saturated carbocycles. The maximum absolute atomic E-state index is 12.0. The lowest BCUT2D eigenvalue weighted by Gasteiger charge is -2.42. The number of carbonyl (C=O) groups is 1. The predicted molar refractivity (Wildman–Crippen MR) is 68.1 cm³/mol. The molecule has 0 bridgehead atoms. The summed E-state index contributed by atoms with van der Waals surface area (Å²) in [5, 5.41) is 3.47. The minimum Gasteiger partial charge on any atom is -0.367 e. The Bertz CT molecular complexity index is 501. The number of rotatable bonds is 1. The van der Waals surface area contributed by atoms with Gasteiger partial charge in [-0.05, 0) is 25.0 Å². The van der Waals surface area contributed by atoms with Gasteiger partial charge in [0.15, 0.2) is 0 Å². The number of hydrogen-bond acceptors (Lipinski definition) is 3. The normalized spacial score (nSPS) is 27.4. The SMILES string of the molecule is Cc1ccc(C)c(C23COCC(=O)N2CCN3)c1. The number of hydrogen-bond donors (Lipinski definition) is 1. The first-order valence-corrected chi connectivity index (χ1v) is 6.34. The summed E-state index contributed by atoms with van der Waals surface area (Å²) < 4.78 is 5.49. The van der Waals surface area contributed by atoms with Crippen LogP contribution in [-0.2, 0) is 15.2 Å². The first-order valence-electron chi connectivity index (χ1n) is 6.34. The summed E-state index contributed by atoms with van der Waals surface area (Å²) in [6.07, 6.45) is 0. The molecular weight excluding hydrogens is 228 g/mol. The zero-order valence-electron chi connectivity index (χ0n) is 10.8. The van der Waals surface area contributed by atoms with Crippen LogP contribution in [-0.4, -0.2) is 37.1 Å². The molecular formula is C14H18N2O2. The summed E-state index contributed by atoms with van der Waals surface area (Å²) in [5.41, 5.74) is 3.11. The van der Waals surface area contributed by atoms with Crippen molar-refractivity contribution < 1.29 is 9.53 Å². The number of morpholine rings is 1. The minimum absolute atomic E-state index is 0.0761. The molecule has 1 amide bonds. The van der Waals surface area contributed by atoms with Crippen LogP contribution < -0.4 is 5.32 Å². The van der Waals surface area contributed by atoms with Gasteiger partial charge in [-0.15, -0.1) is 0 Å². The summed E-state index contributed by atoms with van der Waals surface area (Å²) in [6.45, 7) is 6.47. The van der Waals surface area contributed by atoms with E-state index in [4.69, 9.17) is 4.74 Å². The first kappa shape index (κ1) is 11.7. The number of amides is 1. The van der Waals surface area contributed by atoms with Crippen molar-refractivity contribution in [1.29, 1.82) is 0 Å². The van der Waals surface area contributed by atoms with E-state index in [-0.39, 0.29) is 12.5 Å². The second kappa shape index (κ2) is 4.07. The quantitative estimate of drug-likeness (QED) is 0.801. The number of nitrogens with zero attached hydrogens (tertiary/aromatic N) is 1. The maximum Gasteiger partial charge on any atom is 0.250 e. The molecule has 18 heavy (non-hydrogen) atoms. The van der Waals surface area contributed by atoms with Gasteiger partial charge in [0.05, 0.1) is 6.61 Å². The molecule has 2 aliphatic heterocycles. The largest absolute Gasteiger partial charge is 0.367 e. The average molecular weight is 246 g/mol. The lowest BCUT2D eigenvalue weighted by Crippen LogP contribution is -2.59. The van der Waals surface area contributed by atoms with Crippen molar-refractivity contribution in [2.24, 2.45) is 0 Å². The van der Waals surface area contributed by atoms with Gasteiger partial charge in [0.2, 0.25) is 5.91 Å². The minimum atomic E-state index is -0.453. The molecule has 2 heterocycles. The summed E-state index contributed by atoms with van der Waals surface area (Å²) in [5.74, 6) is 0.0761. The van der Waals surface area contributed by atoms with E-state index in [2.05, 4.69) is 37.4 Å². The predicted octanol–water partition coefficient (Wildman–Crippen LogP) is 0.918. The van der Waals surface area contributed by atoms with Gasteiger partial charge >= 0.3 is 0 Å². The Morgan fingerprint density at radius 2 is 2.22 bits per heavy atom. The Kier molecular flexibility index (Phi) is 2.64. The van der Waals surface area contributed by atoms with E-state index in [0.29, 0.717) is 6.61 Å². The van der Waals surface area contributed by atoms with Gasteiger partial charge in [-0.2, -0.15) is 0 Å². The van der Waals surface area contributed by atoms with E-state index >= 15 is 0 Å². The van der Waals surface area contributed by atoms with Crippen LogP contribution in [0.2, 0.25) is 0 Å². The van der Waals surface area contributed by atoms with Crippen molar-refractivity contribution in [1.82, 2.24) is 10.2 Å². The maximum atomic E-state index is 12.0. The summed E-state index contributed by atoms with van der Waals surface area (Å²) in [7, 11) is 0. The highest BCUT2D eigenvalue weighted by Gasteiger charge is 2.48. The zero-order chi connectivity index (χ0) is 12.8. The van der Waals surface area contributed by atoms with Gasteiger partial charge in [-0.25, -0.2) is 0 Å². The van der Waals surface area contributed by atoms with E-state index in [1.807, 2.05) is 4.90 Å². The fraction of sp³-hybridized carbons (Fsp3) is 0.500. The van der Waals surface area contributed by atoms with Crippen LogP contribution in [0.4, 0.5) is 0 Å². The van der Waals surface area contributed by atoms with E-state index in [1.54, 1.807) is 0 Å². The van der Waals surface area contributed by atoms with Crippen LogP contribution in [0.25, 0.3) is 0 Å². The van der Waals surface area contributed by atoms with Gasteiger partial charge in [-0.1, -0.05) is 23.8 Å². The molecule has 1 N–H and O–H groups in total. The highest BCUT2D eigenvalue weighted by atomic mass is 16.5. The molecule has 2 aliphatic rings. The van der Waals surface area contributed by atoms with Crippen LogP contribution in [0, 0.1) is 13.8 Å². The Morgan fingerprint density at radius 3 is 3.06 bits per heavy atom. The molecule has 0 spiro atoms. The number of nitrogens with one attached hydrogen (secondary N) is 1. The summed E-state index contributed by atoms with van der Waals surface area (Å²) in [4.78, 5) is 13.9. The van der Waals surface area contributed by atoms with E-state index < -0.39 is 5.66 Å². The standard InChI is InChI=1S/C14H18N2O2/c1-10-3-4-11(2)12(7-10)14-9-18-8-13(17)16(14)6-5-15-14/h3-4,7,15H,5-6,8-9H2,1-2H3. The Labute approximate surface area is 107 Å². The average Bonchev–Trinajstić information content (AvgIpc) is 2.78. The Hall–Kier alpha value is -1.39. The van der Waals surface area contributed by atoms with Crippen molar-refractivity contribution in [3.05, 3.63) is 34.9 Å². The topological polar surface area (TPSA) is 41.6 Å². The second-order valence-corrected chi connectivity index (χ2v) is 5.14. The van der Waals surface area contributed by atoms with E-state index in [9.17, 15) is 4.79 Å². The smallest absolute Gasteiger partial charge is 0.250 e. The number of fused-ring (bicyclic) bond motifs is 1. The highest BCUT2D eigenvalue weighted by molar-refractivity contribution is 5.79. The fourth-order valence-corrected chi connectivity index (χ4v) is 2.99. The van der Waals surface area contributed by atoms with Crippen LogP contribution >= 0.6 is 0 Å². The molecule has 0 aliphatic carbocycles. The van der Waals surface area contributed by atoms with Gasteiger partial charge in [-0.3, -0.25) is 10.1 Å². The van der Waals surface area contributed by atoms with Gasteiger partial charge in [0.1, 0.15) is 12.3 Å². The third-order valence-electron chi connectivity index (χ3n) is 3.89. The Balaban J connectivity index is 2.12. The third kappa shape index (κ3) is 1.56.